The molecular weight excluding hydrogens is 338 g/mol. The van der Waals surface area contributed by atoms with Crippen molar-refractivity contribution >= 4 is 14.2 Å². The van der Waals surface area contributed by atoms with E-state index in [1.807, 2.05) is 0 Å². The van der Waals surface area contributed by atoms with Gasteiger partial charge in [0.2, 0.25) is 14.2 Å². The molecule has 3 saturated heterocycles. The normalized spacial score (nSPS) is 33.5. The van der Waals surface area contributed by atoms with Crippen LogP contribution in [0.4, 0.5) is 0 Å². The molecule has 4 rings (SSSR count). The highest BCUT2D eigenvalue weighted by Gasteiger charge is 2.73. The van der Waals surface area contributed by atoms with Gasteiger partial charge in [-0.25, -0.2) is 0 Å². The van der Waals surface area contributed by atoms with Crippen molar-refractivity contribution < 1.29 is 9.22 Å². The van der Waals surface area contributed by atoms with Crippen LogP contribution in [0.3, 0.4) is 0 Å². The van der Waals surface area contributed by atoms with Gasteiger partial charge >= 0.3 is 0 Å². The van der Waals surface area contributed by atoms with Crippen molar-refractivity contribution in [3.05, 3.63) is 35.9 Å². The Morgan fingerprint density at radius 3 is 2.23 bits per heavy atom. The molecule has 1 aromatic rings. The fourth-order valence-corrected chi connectivity index (χ4v) is 13.7. The molecule has 0 N–H and O–H groups in total. The van der Waals surface area contributed by atoms with Crippen LogP contribution < -0.4 is 0 Å². The van der Waals surface area contributed by atoms with Crippen molar-refractivity contribution in [2.24, 2.45) is 5.92 Å². The number of carbonyl (C=O) groups excluding carboxylic acids is 1. The molecule has 3 fully saturated rings. The topological polar surface area (TPSA) is 29.5 Å². The second-order valence-electron chi connectivity index (χ2n) is 10.5. The molecule has 0 radical (unpaired) electrons. The lowest BCUT2D eigenvalue weighted by atomic mass is 9.92. The first-order valence-corrected chi connectivity index (χ1v) is 12.1. The molecule has 26 heavy (non-hydrogen) atoms. The fourth-order valence-electron chi connectivity index (χ4n) is 6.52. The SMILES string of the molecule is CC(C)(C)[Si]1(C(C)(C)C)O[C@@H]2[C@@H](C(=O)N3CCC[C@@H]23)[C@H]1c1ccccc1. The van der Waals surface area contributed by atoms with Gasteiger partial charge in [-0.1, -0.05) is 71.9 Å². The lowest BCUT2D eigenvalue weighted by Gasteiger charge is -2.52. The van der Waals surface area contributed by atoms with E-state index in [9.17, 15) is 4.79 Å². The molecule has 0 bridgehead atoms. The Labute approximate surface area is 159 Å². The zero-order chi connectivity index (χ0) is 18.9. The van der Waals surface area contributed by atoms with Gasteiger partial charge in [0.05, 0.1) is 18.1 Å². The molecule has 1 amide bonds. The highest BCUT2D eigenvalue weighted by molar-refractivity contribution is 6.81. The zero-order valence-corrected chi connectivity index (χ0v) is 18.1. The van der Waals surface area contributed by atoms with Crippen LogP contribution in [0.2, 0.25) is 10.1 Å². The number of carbonyl (C=O) groups is 1. The van der Waals surface area contributed by atoms with Crippen molar-refractivity contribution in [3.63, 3.8) is 0 Å². The molecule has 0 aromatic heterocycles. The van der Waals surface area contributed by atoms with E-state index in [2.05, 4.69) is 76.8 Å². The van der Waals surface area contributed by atoms with Gasteiger partial charge in [0, 0.05) is 12.1 Å². The van der Waals surface area contributed by atoms with Gasteiger partial charge in [-0.15, -0.1) is 0 Å². The summed E-state index contributed by atoms with van der Waals surface area (Å²) >= 11 is 0. The number of nitrogens with zero attached hydrogens (tertiary/aromatic N) is 1. The molecule has 3 nitrogen and oxygen atoms in total. The second-order valence-corrected chi connectivity index (χ2v) is 15.8. The van der Waals surface area contributed by atoms with Crippen molar-refractivity contribution in [1.82, 2.24) is 4.90 Å². The third kappa shape index (κ3) is 2.24. The molecule has 142 valence electrons. The van der Waals surface area contributed by atoms with Crippen molar-refractivity contribution in [3.8, 4) is 0 Å². The van der Waals surface area contributed by atoms with Crippen molar-refractivity contribution in [2.75, 3.05) is 6.54 Å². The summed E-state index contributed by atoms with van der Waals surface area (Å²) < 4.78 is 7.23. The van der Waals surface area contributed by atoms with Gasteiger partial charge in [0.1, 0.15) is 0 Å². The van der Waals surface area contributed by atoms with E-state index in [0.29, 0.717) is 11.9 Å². The van der Waals surface area contributed by atoms with Crippen LogP contribution in [-0.4, -0.2) is 37.8 Å². The summed E-state index contributed by atoms with van der Waals surface area (Å²) in [7, 11) is -2.35. The minimum Gasteiger partial charge on any atom is -0.409 e. The van der Waals surface area contributed by atoms with Crippen LogP contribution >= 0.6 is 0 Å². The monoisotopic (exact) mass is 371 g/mol. The first-order chi connectivity index (χ1) is 12.1. The fraction of sp³-hybridized carbons (Fsp3) is 0.682. The number of benzene rings is 1. The number of hydrogen-bond acceptors (Lipinski definition) is 2. The molecule has 4 atom stereocenters. The Balaban J connectivity index is 1.93. The first kappa shape index (κ1) is 18.2. The summed E-state index contributed by atoms with van der Waals surface area (Å²) in [6, 6.07) is 11.1. The molecule has 3 aliphatic rings. The van der Waals surface area contributed by atoms with E-state index < -0.39 is 8.32 Å². The summed E-state index contributed by atoms with van der Waals surface area (Å²) in [6.45, 7) is 15.0. The third-order valence-electron chi connectivity index (χ3n) is 7.11. The smallest absolute Gasteiger partial charge is 0.229 e. The van der Waals surface area contributed by atoms with Gasteiger partial charge in [0.15, 0.2) is 0 Å². The van der Waals surface area contributed by atoms with Crippen LogP contribution in [0.1, 0.15) is 65.5 Å². The van der Waals surface area contributed by atoms with E-state index in [0.717, 1.165) is 19.4 Å². The Kier molecular flexibility index (Phi) is 3.99. The van der Waals surface area contributed by atoms with Crippen molar-refractivity contribution in [2.45, 2.75) is 82.1 Å². The first-order valence-electron chi connectivity index (χ1n) is 10.1. The maximum atomic E-state index is 13.5. The Morgan fingerprint density at radius 2 is 1.65 bits per heavy atom. The molecule has 1 aromatic carbocycles. The quantitative estimate of drug-likeness (QED) is 0.659. The van der Waals surface area contributed by atoms with Gasteiger partial charge < -0.3 is 9.33 Å². The zero-order valence-electron chi connectivity index (χ0n) is 17.1. The molecule has 3 aliphatic heterocycles. The van der Waals surface area contributed by atoms with Gasteiger partial charge in [-0.2, -0.15) is 0 Å². The molecular formula is C22H33NO2Si. The lowest BCUT2D eigenvalue weighted by Crippen LogP contribution is -2.58. The van der Waals surface area contributed by atoms with Crippen LogP contribution in [0.25, 0.3) is 0 Å². The summed E-state index contributed by atoms with van der Waals surface area (Å²) in [5, 5.41) is 0.111. The Hall–Kier alpha value is -1.13. The predicted octanol–water partition coefficient (Wildman–Crippen LogP) is 4.87. The molecule has 0 unspecified atom stereocenters. The maximum absolute atomic E-state index is 13.5. The Morgan fingerprint density at radius 1 is 1.04 bits per heavy atom. The summed E-state index contributed by atoms with van der Waals surface area (Å²) in [4.78, 5) is 15.6. The van der Waals surface area contributed by atoms with Gasteiger partial charge in [-0.05, 0) is 28.5 Å². The standard InChI is InChI=1S/C22H33NO2Si/c1-21(2,3)26(22(4,5)6)19(15-11-8-7-9-12-15)17-18(25-26)16-13-10-14-23(16)20(17)24/h7-9,11-12,16-19H,10,13-14H2,1-6H3/t16-,17+,18-,19+/m0/s1. The highest BCUT2D eigenvalue weighted by atomic mass is 28.4. The molecule has 0 spiro atoms. The number of hydrogen-bond donors (Lipinski definition) is 0. The third-order valence-corrected chi connectivity index (χ3v) is 13.8. The summed E-state index contributed by atoms with van der Waals surface area (Å²) in [5.41, 5.74) is 1.54. The summed E-state index contributed by atoms with van der Waals surface area (Å²) in [6.07, 6.45) is 2.31. The minimum atomic E-state index is -2.35. The van der Waals surface area contributed by atoms with Gasteiger partial charge in [-0.3, -0.25) is 4.79 Å². The largest absolute Gasteiger partial charge is 0.409 e. The molecule has 0 aliphatic carbocycles. The summed E-state index contributed by atoms with van der Waals surface area (Å²) in [5.74, 6) is 0.363. The number of fused-ring (bicyclic) bond motifs is 3. The van der Waals surface area contributed by atoms with E-state index >= 15 is 0 Å². The van der Waals surface area contributed by atoms with E-state index in [4.69, 9.17) is 4.43 Å². The van der Waals surface area contributed by atoms with Crippen LogP contribution in [0.15, 0.2) is 30.3 Å². The second kappa shape index (κ2) is 5.68. The lowest BCUT2D eigenvalue weighted by molar-refractivity contribution is -0.131. The predicted molar refractivity (Wildman–Crippen MR) is 107 cm³/mol. The van der Waals surface area contributed by atoms with E-state index in [1.165, 1.54) is 5.56 Å². The van der Waals surface area contributed by atoms with Crippen LogP contribution in [0.5, 0.6) is 0 Å². The number of rotatable bonds is 1. The van der Waals surface area contributed by atoms with Crippen molar-refractivity contribution in [1.29, 1.82) is 0 Å². The average molecular weight is 372 g/mol. The number of amides is 1. The molecule has 0 saturated carbocycles. The highest BCUT2D eigenvalue weighted by Crippen LogP contribution is 2.66. The van der Waals surface area contributed by atoms with E-state index in [1.54, 1.807) is 0 Å². The molecule has 3 heterocycles. The van der Waals surface area contributed by atoms with Crippen LogP contribution in [-0.2, 0) is 9.22 Å². The van der Waals surface area contributed by atoms with Crippen LogP contribution in [0, 0.1) is 5.92 Å². The van der Waals surface area contributed by atoms with Gasteiger partial charge in [0.25, 0.3) is 0 Å². The molecule has 4 heteroatoms. The Bertz CT molecular complexity index is 689. The van der Waals surface area contributed by atoms with E-state index in [-0.39, 0.29) is 27.6 Å². The average Bonchev–Trinajstić information content (AvgIpc) is 3.20. The minimum absolute atomic E-state index is 0.00724. The maximum Gasteiger partial charge on any atom is 0.229 e.